The van der Waals surface area contributed by atoms with E-state index in [1.165, 1.54) is 0 Å². The van der Waals surface area contributed by atoms with Gasteiger partial charge in [0.2, 0.25) is 0 Å². The molecule has 2 aromatic heterocycles. The summed E-state index contributed by atoms with van der Waals surface area (Å²) < 4.78 is 45.6. The summed E-state index contributed by atoms with van der Waals surface area (Å²) in [6.45, 7) is 10.1. The molecule has 1 atom stereocenters. The third-order valence-corrected chi connectivity index (χ3v) is 4.25. The van der Waals surface area contributed by atoms with E-state index in [1.54, 1.807) is 38.7 Å². The van der Waals surface area contributed by atoms with Crippen LogP contribution in [0.25, 0.3) is 5.78 Å². The van der Waals surface area contributed by atoms with Crippen LogP contribution in [0.3, 0.4) is 0 Å². The van der Waals surface area contributed by atoms with Crippen LogP contribution in [-0.4, -0.2) is 61.9 Å². The van der Waals surface area contributed by atoms with Crippen LogP contribution in [0.1, 0.15) is 39.2 Å². The summed E-state index contributed by atoms with van der Waals surface area (Å²) in [6.07, 6.45) is -5.06. The summed E-state index contributed by atoms with van der Waals surface area (Å²) in [4.78, 5) is 23.4. The van der Waals surface area contributed by atoms with Crippen LogP contribution in [0.4, 0.5) is 23.8 Å². The lowest BCUT2D eigenvalue weighted by atomic mass is 10.2. The molecular weight excluding hydrogens is 377 g/mol. The number of halogens is 3. The quantitative estimate of drug-likeness (QED) is 0.733. The van der Waals surface area contributed by atoms with Gasteiger partial charge in [-0.3, -0.25) is 0 Å². The van der Waals surface area contributed by atoms with Gasteiger partial charge in [0.1, 0.15) is 11.4 Å². The van der Waals surface area contributed by atoms with Crippen LogP contribution in [0.15, 0.2) is 6.07 Å². The van der Waals surface area contributed by atoms with E-state index < -0.39 is 23.7 Å². The third-order valence-electron chi connectivity index (χ3n) is 4.25. The molecule has 0 bridgehead atoms. The first-order valence-electron chi connectivity index (χ1n) is 8.91. The third kappa shape index (κ3) is 4.12. The first kappa shape index (κ1) is 20.2. The predicted molar refractivity (Wildman–Crippen MR) is 95.1 cm³/mol. The lowest BCUT2D eigenvalue weighted by Gasteiger charge is -2.41. The van der Waals surface area contributed by atoms with Crippen LogP contribution in [0, 0.1) is 6.92 Å². The number of ether oxygens (including phenoxy) is 1. The summed E-state index contributed by atoms with van der Waals surface area (Å²) in [5.41, 5.74) is -0.0639. The van der Waals surface area contributed by atoms with Gasteiger partial charge in [-0.25, -0.2) is 9.78 Å². The molecule has 8 nitrogen and oxygen atoms in total. The molecule has 1 amide bonds. The van der Waals surface area contributed by atoms with Gasteiger partial charge in [0, 0.05) is 37.4 Å². The van der Waals surface area contributed by atoms with Gasteiger partial charge in [-0.1, -0.05) is 0 Å². The Morgan fingerprint density at radius 1 is 1.21 bits per heavy atom. The van der Waals surface area contributed by atoms with E-state index in [0.29, 0.717) is 31.1 Å². The number of anilines is 1. The Balaban J connectivity index is 1.87. The highest BCUT2D eigenvalue weighted by Crippen LogP contribution is 2.29. The first-order chi connectivity index (χ1) is 12.8. The molecule has 1 aliphatic rings. The number of nitrogens with zero attached hydrogens (tertiary/aromatic N) is 6. The van der Waals surface area contributed by atoms with Gasteiger partial charge in [0.05, 0.1) is 0 Å². The molecule has 0 radical (unpaired) electrons. The highest BCUT2D eigenvalue weighted by molar-refractivity contribution is 5.68. The summed E-state index contributed by atoms with van der Waals surface area (Å²) in [7, 11) is 0. The number of rotatable bonds is 1. The van der Waals surface area contributed by atoms with E-state index in [1.807, 2.05) is 11.8 Å². The smallest absolute Gasteiger partial charge is 0.444 e. The van der Waals surface area contributed by atoms with Gasteiger partial charge in [0.25, 0.3) is 11.6 Å². The molecule has 2 aromatic rings. The number of hydrogen-bond acceptors (Lipinski definition) is 6. The molecule has 1 saturated heterocycles. The normalized spacial score (nSPS) is 18.6. The minimum absolute atomic E-state index is 0.107. The van der Waals surface area contributed by atoms with Crippen molar-refractivity contribution in [2.24, 2.45) is 0 Å². The van der Waals surface area contributed by atoms with Crippen LogP contribution in [-0.2, 0) is 10.9 Å². The van der Waals surface area contributed by atoms with Crippen LogP contribution in [0.2, 0.25) is 0 Å². The Morgan fingerprint density at radius 3 is 2.46 bits per heavy atom. The van der Waals surface area contributed by atoms with Crippen molar-refractivity contribution in [1.29, 1.82) is 0 Å². The molecule has 3 rings (SSSR count). The molecule has 0 aliphatic carbocycles. The number of aryl methyl sites for hydroxylation is 1. The monoisotopic (exact) mass is 400 g/mol. The summed E-state index contributed by atoms with van der Waals surface area (Å²) >= 11 is 0. The fraction of sp³-hybridized carbons (Fsp3) is 0.647. The van der Waals surface area contributed by atoms with Crippen molar-refractivity contribution in [3.63, 3.8) is 0 Å². The molecular formula is C17H23F3N6O2. The number of fused-ring (bicyclic) bond motifs is 1. The van der Waals surface area contributed by atoms with Gasteiger partial charge < -0.3 is 14.5 Å². The van der Waals surface area contributed by atoms with Crippen molar-refractivity contribution in [2.75, 3.05) is 24.5 Å². The highest BCUT2D eigenvalue weighted by atomic mass is 19.4. The number of hydrogen-bond donors (Lipinski definition) is 0. The second kappa shape index (κ2) is 6.78. The van der Waals surface area contributed by atoms with Crippen LogP contribution in [0.5, 0.6) is 0 Å². The lowest BCUT2D eigenvalue weighted by Crippen LogP contribution is -2.55. The topological polar surface area (TPSA) is 75.9 Å². The number of amides is 1. The Bertz CT molecular complexity index is 889. The Labute approximate surface area is 160 Å². The van der Waals surface area contributed by atoms with Crippen molar-refractivity contribution in [2.45, 2.75) is 52.4 Å². The van der Waals surface area contributed by atoms with Gasteiger partial charge in [-0.15, -0.1) is 5.10 Å². The van der Waals surface area contributed by atoms with E-state index in [2.05, 4.69) is 15.1 Å². The average molecular weight is 400 g/mol. The molecule has 11 heteroatoms. The van der Waals surface area contributed by atoms with E-state index >= 15 is 0 Å². The van der Waals surface area contributed by atoms with Gasteiger partial charge in [-0.05, 0) is 34.6 Å². The number of piperazine rings is 1. The van der Waals surface area contributed by atoms with Crippen molar-refractivity contribution >= 4 is 17.7 Å². The van der Waals surface area contributed by atoms with Gasteiger partial charge >= 0.3 is 12.3 Å². The minimum Gasteiger partial charge on any atom is -0.444 e. The Kier molecular flexibility index (Phi) is 4.88. The Hall–Kier alpha value is -2.59. The maximum Gasteiger partial charge on any atom is 0.453 e. The maximum absolute atomic E-state index is 13.0. The molecule has 0 saturated carbocycles. The summed E-state index contributed by atoms with van der Waals surface area (Å²) in [5, 5.41) is 3.61. The van der Waals surface area contributed by atoms with Gasteiger partial charge in [-0.2, -0.15) is 22.7 Å². The molecule has 1 fully saturated rings. The lowest BCUT2D eigenvalue weighted by molar-refractivity contribution is -0.144. The maximum atomic E-state index is 13.0. The number of alkyl halides is 3. The molecule has 1 unspecified atom stereocenters. The van der Waals surface area contributed by atoms with E-state index in [4.69, 9.17) is 4.74 Å². The largest absolute Gasteiger partial charge is 0.453 e. The number of carbonyl (C=O) groups is 1. The van der Waals surface area contributed by atoms with Crippen molar-refractivity contribution in [3.8, 4) is 0 Å². The predicted octanol–water partition coefficient (Wildman–Crippen LogP) is 2.90. The van der Waals surface area contributed by atoms with Crippen molar-refractivity contribution in [3.05, 3.63) is 17.6 Å². The molecule has 154 valence electrons. The zero-order valence-electron chi connectivity index (χ0n) is 16.4. The van der Waals surface area contributed by atoms with E-state index in [-0.39, 0.29) is 11.8 Å². The van der Waals surface area contributed by atoms with Crippen LogP contribution >= 0.6 is 0 Å². The van der Waals surface area contributed by atoms with Gasteiger partial charge in [0.15, 0.2) is 0 Å². The first-order valence-corrected chi connectivity index (χ1v) is 8.91. The highest BCUT2D eigenvalue weighted by Gasteiger charge is 2.38. The number of carbonyl (C=O) groups excluding carboxylic acids is 1. The van der Waals surface area contributed by atoms with E-state index in [0.717, 1.165) is 4.52 Å². The summed E-state index contributed by atoms with van der Waals surface area (Å²) in [5.74, 6) is -0.877. The fourth-order valence-corrected chi connectivity index (χ4v) is 3.08. The average Bonchev–Trinajstić information content (AvgIpc) is 2.96. The zero-order chi connectivity index (χ0) is 20.9. The molecule has 28 heavy (non-hydrogen) atoms. The van der Waals surface area contributed by atoms with Crippen molar-refractivity contribution in [1.82, 2.24) is 24.5 Å². The fourth-order valence-electron chi connectivity index (χ4n) is 3.08. The minimum atomic E-state index is -4.65. The molecule has 1 aliphatic heterocycles. The number of aromatic nitrogens is 4. The molecule has 0 spiro atoms. The molecule has 3 heterocycles. The molecule has 0 N–H and O–H groups in total. The second-order valence-electron chi connectivity index (χ2n) is 7.87. The SMILES string of the molecule is Cc1cc(N2CCN(C(=O)OC(C)(C)C)CC2C)n2nc(C(F)(F)F)nc2n1. The zero-order valence-corrected chi connectivity index (χ0v) is 16.4. The standard InChI is InChI=1S/C17H23F3N6O2/c1-10-8-12(26-14(21-10)22-13(23-26)17(18,19)20)25-7-6-24(9-11(25)2)15(27)28-16(3,4)5/h8,11H,6-7,9H2,1-5H3. The summed E-state index contributed by atoms with van der Waals surface area (Å²) in [6, 6.07) is 1.51. The van der Waals surface area contributed by atoms with Crippen LogP contribution < -0.4 is 4.90 Å². The van der Waals surface area contributed by atoms with Crippen molar-refractivity contribution < 1.29 is 22.7 Å². The molecule has 0 aromatic carbocycles. The van der Waals surface area contributed by atoms with E-state index in [9.17, 15) is 18.0 Å². The Morgan fingerprint density at radius 2 is 1.89 bits per heavy atom. The second-order valence-corrected chi connectivity index (χ2v) is 7.87.